The van der Waals surface area contributed by atoms with E-state index in [2.05, 4.69) is 0 Å². The number of aromatic nitrogens is 1. The number of hydrogen-bond donors (Lipinski definition) is 2. The number of para-hydroxylation sites is 1. The average molecular weight is 247 g/mol. The molecule has 1 aromatic heterocycles. The van der Waals surface area contributed by atoms with Crippen LogP contribution in [0.15, 0.2) is 30.5 Å². The number of aryl methyl sites for hydroxylation is 1. The van der Waals surface area contributed by atoms with E-state index >= 15 is 0 Å². The summed E-state index contributed by atoms with van der Waals surface area (Å²) in [4.78, 5) is 11.2. The molecule has 0 bridgehead atoms. The standard InChI is InChI=1S/C14H17NO3/c1-10(16)5-4-8-15-9-12(14(17)18)11-6-2-3-7-13(11)15/h2-3,6-7,9-10,16H,4-5,8H2,1H3,(H,17,18). The maximum absolute atomic E-state index is 11.2. The third-order valence-corrected chi connectivity index (χ3v) is 3.04. The van der Waals surface area contributed by atoms with E-state index in [1.165, 1.54) is 0 Å². The molecule has 2 rings (SSSR count). The monoisotopic (exact) mass is 247 g/mol. The number of aliphatic hydroxyl groups excluding tert-OH is 1. The van der Waals surface area contributed by atoms with Gasteiger partial charge in [-0.25, -0.2) is 4.79 Å². The molecule has 0 saturated carbocycles. The minimum absolute atomic E-state index is 0.314. The number of aromatic carboxylic acids is 1. The second-order valence-electron chi connectivity index (χ2n) is 4.55. The zero-order valence-electron chi connectivity index (χ0n) is 10.3. The number of nitrogens with zero attached hydrogens (tertiary/aromatic N) is 1. The molecule has 0 fully saturated rings. The molecule has 4 heteroatoms. The lowest BCUT2D eigenvalue weighted by Gasteiger charge is -2.06. The van der Waals surface area contributed by atoms with Gasteiger partial charge in [-0.3, -0.25) is 0 Å². The highest BCUT2D eigenvalue weighted by atomic mass is 16.4. The Kier molecular flexibility index (Phi) is 3.67. The molecule has 0 radical (unpaired) electrons. The number of aliphatic hydroxyl groups is 1. The van der Waals surface area contributed by atoms with Crippen LogP contribution in [0, 0.1) is 0 Å². The Bertz CT molecular complexity index is 557. The van der Waals surface area contributed by atoms with Crippen molar-refractivity contribution >= 4 is 16.9 Å². The van der Waals surface area contributed by atoms with Crippen molar-refractivity contribution in [1.29, 1.82) is 0 Å². The largest absolute Gasteiger partial charge is 0.478 e. The van der Waals surface area contributed by atoms with Crippen molar-refractivity contribution < 1.29 is 15.0 Å². The third kappa shape index (κ3) is 2.54. The van der Waals surface area contributed by atoms with Crippen molar-refractivity contribution in [3.63, 3.8) is 0 Å². The second-order valence-corrected chi connectivity index (χ2v) is 4.55. The molecule has 0 saturated heterocycles. The molecule has 0 amide bonds. The SMILES string of the molecule is CC(O)CCCn1cc(C(=O)O)c2ccccc21. The molecule has 0 spiro atoms. The van der Waals surface area contributed by atoms with Crippen molar-refractivity contribution in [3.8, 4) is 0 Å². The first-order valence-electron chi connectivity index (χ1n) is 6.09. The molecular formula is C14H17NO3. The summed E-state index contributed by atoms with van der Waals surface area (Å²) in [6.45, 7) is 2.48. The van der Waals surface area contributed by atoms with E-state index in [1.807, 2.05) is 28.8 Å². The number of carbonyl (C=O) groups is 1. The number of rotatable bonds is 5. The first-order valence-corrected chi connectivity index (χ1v) is 6.09. The number of fused-ring (bicyclic) bond motifs is 1. The van der Waals surface area contributed by atoms with Crippen LogP contribution in [0.3, 0.4) is 0 Å². The van der Waals surface area contributed by atoms with Gasteiger partial charge in [-0.15, -0.1) is 0 Å². The van der Waals surface area contributed by atoms with Gasteiger partial charge in [0.1, 0.15) is 0 Å². The molecule has 1 atom stereocenters. The summed E-state index contributed by atoms with van der Waals surface area (Å²) in [7, 11) is 0. The van der Waals surface area contributed by atoms with E-state index in [0.29, 0.717) is 5.56 Å². The average Bonchev–Trinajstić information content (AvgIpc) is 2.68. The fourth-order valence-electron chi connectivity index (χ4n) is 2.16. The lowest BCUT2D eigenvalue weighted by atomic mass is 10.2. The maximum Gasteiger partial charge on any atom is 0.337 e. The van der Waals surface area contributed by atoms with Crippen LogP contribution in [0.4, 0.5) is 0 Å². The summed E-state index contributed by atoms with van der Waals surface area (Å²) in [5.41, 5.74) is 1.27. The summed E-state index contributed by atoms with van der Waals surface area (Å²) in [5.74, 6) is -0.902. The molecule has 2 N–H and O–H groups in total. The van der Waals surface area contributed by atoms with Gasteiger partial charge in [0.2, 0.25) is 0 Å². The highest BCUT2D eigenvalue weighted by Crippen LogP contribution is 2.21. The van der Waals surface area contributed by atoms with Gasteiger partial charge >= 0.3 is 5.97 Å². The molecule has 2 aromatic rings. The fourth-order valence-corrected chi connectivity index (χ4v) is 2.16. The Morgan fingerprint density at radius 1 is 1.39 bits per heavy atom. The van der Waals surface area contributed by atoms with Gasteiger partial charge in [-0.05, 0) is 25.8 Å². The Balaban J connectivity index is 2.30. The third-order valence-electron chi connectivity index (χ3n) is 3.04. The molecule has 96 valence electrons. The van der Waals surface area contributed by atoms with Gasteiger partial charge < -0.3 is 14.8 Å². The van der Waals surface area contributed by atoms with Crippen LogP contribution in [0.2, 0.25) is 0 Å². The van der Waals surface area contributed by atoms with E-state index in [4.69, 9.17) is 5.11 Å². The highest BCUT2D eigenvalue weighted by Gasteiger charge is 2.13. The predicted molar refractivity (Wildman–Crippen MR) is 69.8 cm³/mol. The van der Waals surface area contributed by atoms with Gasteiger partial charge in [0.15, 0.2) is 0 Å². The minimum atomic E-state index is -0.902. The Hall–Kier alpha value is -1.81. The van der Waals surface area contributed by atoms with Crippen LogP contribution in [-0.4, -0.2) is 26.9 Å². The van der Waals surface area contributed by atoms with Gasteiger partial charge in [0.25, 0.3) is 0 Å². The molecule has 1 heterocycles. The van der Waals surface area contributed by atoms with Gasteiger partial charge in [0, 0.05) is 23.6 Å². The van der Waals surface area contributed by atoms with Crippen LogP contribution in [0.1, 0.15) is 30.1 Å². The number of carboxylic acid groups (broad SMARTS) is 1. The normalized spacial score (nSPS) is 12.8. The molecule has 0 aliphatic rings. The maximum atomic E-state index is 11.2. The van der Waals surface area contributed by atoms with E-state index < -0.39 is 5.97 Å². The molecule has 0 aliphatic heterocycles. The Morgan fingerprint density at radius 3 is 2.78 bits per heavy atom. The zero-order chi connectivity index (χ0) is 13.1. The summed E-state index contributed by atoms with van der Waals surface area (Å²) < 4.78 is 1.95. The highest BCUT2D eigenvalue weighted by molar-refractivity contribution is 6.03. The van der Waals surface area contributed by atoms with Crippen molar-refractivity contribution in [3.05, 3.63) is 36.0 Å². The first-order chi connectivity index (χ1) is 8.59. The summed E-state index contributed by atoms with van der Waals surface area (Å²) in [5, 5.41) is 19.2. The van der Waals surface area contributed by atoms with Crippen LogP contribution in [0.25, 0.3) is 10.9 Å². The quantitative estimate of drug-likeness (QED) is 0.853. The van der Waals surface area contributed by atoms with E-state index in [9.17, 15) is 9.90 Å². The molecule has 18 heavy (non-hydrogen) atoms. The first kappa shape index (κ1) is 12.6. The van der Waals surface area contributed by atoms with Crippen LogP contribution < -0.4 is 0 Å². The lowest BCUT2D eigenvalue weighted by Crippen LogP contribution is -2.03. The summed E-state index contributed by atoms with van der Waals surface area (Å²) in [6.07, 6.45) is 2.91. The Morgan fingerprint density at radius 2 is 2.11 bits per heavy atom. The van der Waals surface area contributed by atoms with Crippen LogP contribution >= 0.6 is 0 Å². The van der Waals surface area contributed by atoms with E-state index in [-0.39, 0.29) is 6.10 Å². The zero-order valence-corrected chi connectivity index (χ0v) is 10.3. The van der Waals surface area contributed by atoms with Crippen molar-refractivity contribution in [1.82, 2.24) is 4.57 Å². The molecule has 1 unspecified atom stereocenters. The topological polar surface area (TPSA) is 62.5 Å². The van der Waals surface area contributed by atoms with E-state index in [0.717, 1.165) is 30.3 Å². The van der Waals surface area contributed by atoms with Crippen molar-refractivity contribution in [2.24, 2.45) is 0 Å². The summed E-state index contributed by atoms with van der Waals surface area (Å²) in [6, 6.07) is 7.49. The predicted octanol–water partition coefficient (Wildman–Crippen LogP) is 2.50. The number of carboxylic acids is 1. The molecule has 1 aromatic carbocycles. The van der Waals surface area contributed by atoms with Gasteiger partial charge in [-0.1, -0.05) is 18.2 Å². The fraction of sp³-hybridized carbons (Fsp3) is 0.357. The number of benzene rings is 1. The van der Waals surface area contributed by atoms with Gasteiger partial charge in [0.05, 0.1) is 11.7 Å². The molecule has 0 aliphatic carbocycles. The molecular weight excluding hydrogens is 230 g/mol. The van der Waals surface area contributed by atoms with Crippen molar-refractivity contribution in [2.75, 3.05) is 0 Å². The smallest absolute Gasteiger partial charge is 0.337 e. The van der Waals surface area contributed by atoms with Crippen LogP contribution in [-0.2, 0) is 6.54 Å². The summed E-state index contributed by atoms with van der Waals surface area (Å²) >= 11 is 0. The van der Waals surface area contributed by atoms with Gasteiger partial charge in [-0.2, -0.15) is 0 Å². The second kappa shape index (κ2) is 5.23. The van der Waals surface area contributed by atoms with Crippen molar-refractivity contribution in [2.45, 2.75) is 32.4 Å². The Labute approximate surface area is 105 Å². The number of hydrogen-bond acceptors (Lipinski definition) is 2. The van der Waals surface area contributed by atoms with Crippen LogP contribution in [0.5, 0.6) is 0 Å². The minimum Gasteiger partial charge on any atom is -0.478 e. The molecule has 4 nitrogen and oxygen atoms in total. The lowest BCUT2D eigenvalue weighted by molar-refractivity contribution is 0.0698. The van der Waals surface area contributed by atoms with E-state index in [1.54, 1.807) is 13.1 Å².